The van der Waals surface area contributed by atoms with Gasteiger partial charge in [0.1, 0.15) is 0 Å². The Hall–Kier alpha value is -0.460. The number of aliphatic hydroxyl groups is 1. The van der Waals surface area contributed by atoms with Crippen molar-refractivity contribution in [1.82, 2.24) is 0 Å². The Labute approximate surface area is 59.1 Å². The van der Waals surface area contributed by atoms with E-state index in [1.807, 2.05) is 0 Å². The Morgan fingerprint density at radius 3 is 1.27 bits per heavy atom. The molecule has 0 aliphatic heterocycles. The van der Waals surface area contributed by atoms with Crippen molar-refractivity contribution in [1.29, 1.82) is 1.43 Å². The van der Waals surface area contributed by atoms with E-state index < -0.39 is 18.0 Å². The fourth-order valence-corrected chi connectivity index (χ4v) is 0.161. The molecule has 7 heteroatoms. The minimum absolute atomic E-state index is 0.250. The minimum Gasteiger partial charge on any atom is -0.374 e. The average Bonchev–Trinajstić information content (AvgIpc) is 1.81. The molecule has 0 bridgehead atoms. The standard InChI is InChI=1S/C4H4F6O/c1-2(11,3(5,6)7)4(8,9)10/h11H,1H3/i11D. The van der Waals surface area contributed by atoms with E-state index >= 15 is 0 Å². The van der Waals surface area contributed by atoms with Gasteiger partial charge in [0.25, 0.3) is 5.60 Å². The molecule has 0 aliphatic rings. The smallest absolute Gasteiger partial charge is 0.374 e. The van der Waals surface area contributed by atoms with Crippen LogP contribution in [0.25, 0.3) is 0 Å². The molecular formula is C4H4F6O. The summed E-state index contributed by atoms with van der Waals surface area (Å²) in [6.07, 6.45) is -11.3. The highest BCUT2D eigenvalue weighted by atomic mass is 19.4. The van der Waals surface area contributed by atoms with Crippen LogP contribution in [0, 0.1) is 0 Å². The van der Waals surface area contributed by atoms with E-state index in [0.29, 0.717) is 0 Å². The summed E-state index contributed by atoms with van der Waals surface area (Å²) >= 11 is 0. The van der Waals surface area contributed by atoms with Crippen LogP contribution in [0.5, 0.6) is 0 Å². The van der Waals surface area contributed by atoms with Crippen molar-refractivity contribution in [3.8, 4) is 0 Å². The molecule has 0 atom stereocenters. The van der Waals surface area contributed by atoms with Gasteiger partial charge in [0, 0.05) is 0 Å². The van der Waals surface area contributed by atoms with Gasteiger partial charge in [-0.05, 0) is 6.92 Å². The molecule has 1 nitrogen and oxygen atoms in total. The lowest BCUT2D eigenvalue weighted by Gasteiger charge is -2.28. The van der Waals surface area contributed by atoms with E-state index in [0.717, 1.165) is 0 Å². The number of hydrogen-bond donors (Lipinski definition) is 1. The van der Waals surface area contributed by atoms with Gasteiger partial charge in [0.15, 0.2) is 0 Å². The molecule has 0 amide bonds. The maximum Gasteiger partial charge on any atom is 0.425 e. The quantitative estimate of drug-likeness (QED) is 0.615. The summed E-state index contributed by atoms with van der Waals surface area (Å²) in [5.41, 5.74) is -4.42. The van der Waals surface area contributed by atoms with Crippen molar-refractivity contribution in [3.63, 3.8) is 0 Å². The molecule has 68 valence electrons. The molecule has 0 unspecified atom stereocenters. The van der Waals surface area contributed by atoms with Crippen LogP contribution in [0.2, 0.25) is 0 Å². The van der Waals surface area contributed by atoms with Crippen LogP contribution >= 0.6 is 0 Å². The Kier molecular flexibility index (Phi) is 1.78. The molecule has 0 heterocycles. The summed E-state index contributed by atoms with van der Waals surface area (Å²) in [7, 11) is 0. The molecule has 1 N–H and O–H groups in total. The molecule has 0 aliphatic carbocycles. The number of rotatable bonds is 1. The van der Waals surface area contributed by atoms with Gasteiger partial charge in [0.05, 0.1) is 0 Å². The van der Waals surface area contributed by atoms with E-state index in [1.54, 1.807) is 0 Å². The number of alkyl halides is 6. The predicted molar refractivity (Wildman–Crippen MR) is 22.7 cm³/mol. The van der Waals surface area contributed by atoms with E-state index in [-0.39, 0.29) is 6.92 Å². The van der Waals surface area contributed by atoms with Gasteiger partial charge in [-0.25, -0.2) is 0 Å². The lowest BCUT2D eigenvalue weighted by atomic mass is 10.1. The Morgan fingerprint density at radius 1 is 1.00 bits per heavy atom. The monoisotopic (exact) mass is 183 g/mol. The van der Waals surface area contributed by atoms with E-state index in [1.165, 1.54) is 0 Å². The highest BCUT2D eigenvalue weighted by Crippen LogP contribution is 2.42. The fourth-order valence-electron chi connectivity index (χ4n) is 0.161. The molecule has 0 radical (unpaired) electrons. The zero-order valence-corrected chi connectivity index (χ0v) is 5.18. The summed E-state index contributed by atoms with van der Waals surface area (Å²) in [5, 5.41) is 2.67. The van der Waals surface area contributed by atoms with Gasteiger partial charge in [-0.15, -0.1) is 0 Å². The van der Waals surface area contributed by atoms with Crippen LogP contribution in [-0.2, 0) is 0 Å². The Morgan fingerprint density at radius 2 is 1.27 bits per heavy atom. The summed E-state index contributed by atoms with van der Waals surface area (Å²) < 4.78 is 75.5. The highest BCUT2D eigenvalue weighted by Gasteiger charge is 2.67. The second-order valence-electron chi connectivity index (χ2n) is 2.03. The van der Waals surface area contributed by atoms with Gasteiger partial charge in [-0.3, -0.25) is 0 Å². The number of hydrogen-bond acceptors (Lipinski definition) is 1. The summed E-state index contributed by atoms with van der Waals surface area (Å²) in [6.45, 7) is -0.250. The molecule has 0 aromatic rings. The topological polar surface area (TPSA) is 20.2 Å². The van der Waals surface area contributed by atoms with Crippen LogP contribution in [0.1, 0.15) is 6.92 Å². The molecule has 0 saturated heterocycles. The first-order valence-corrected chi connectivity index (χ1v) is 2.34. The van der Waals surface area contributed by atoms with Crippen molar-refractivity contribution >= 4 is 0 Å². The molecule has 0 spiro atoms. The second kappa shape index (κ2) is 2.26. The molecular weight excluding hydrogens is 178 g/mol. The van der Waals surface area contributed by atoms with Crippen molar-refractivity contribution in [3.05, 3.63) is 0 Å². The van der Waals surface area contributed by atoms with Gasteiger partial charge in [-0.2, -0.15) is 26.3 Å². The van der Waals surface area contributed by atoms with E-state index in [2.05, 4.69) is 5.11 Å². The third-order valence-corrected chi connectivity index (χ3v) is 1.08. The van der Waals surface area contributed by atoms with E-state index in [4.69, 9.17) is 1.43 Å². The summed E-state index contributed by atoms with van der Waals surface area (Å²) in [5.74, 6) is 0. The van der Waals surface area contributed by atoms with Crippen LogP contribution in [-0.4, -0.2) is 24.5 Å². The van der Waals surface area contributed by atoms with Crippen LogP contribution in [0.15, 0.2) is 0 Å². The summed E-state index contributed by atoms with van der Waals surface area (Å²) in [6, 6.07) is 0. The van der Waals surface area contributed by atoms with Crippen molar-refractivity contribution in [2.45, 2.75) is 24.9 Å². The van der Waals surface area contributed by atoms with Crippen molar-refractivity contribution in [2.24, 2.45) is 0 Å². The van der Waals surface area contributed by atoms with Crippen LogP contribution in [0.4, 0.5) is 26.3 Å². The maximum atomic E-state index is 11.6. The molecule has 0 saturated carbocycles. The first-order valence-electron chi connectivity index (χ1n) is 2.75. The predicted octanol–water partition coefficient (Wildman–Crippen LogP) is 1.86. The third kappa shape index (κ3) is 1.76. The molecule has 11 heavy (non-hydrogen) atoms. The first-order chi connectivity index (χ1) is 5.06. The van der Waals surface area contributed by atoms with Gasteiger partial charge < -0.3 is 5.11 Å². The highest BCUT2D eigenvalue weighted by molar-refractivity contribution is 4.88. The summed E-state index contributed by atoms with van der Waals surface area (Å²) in [4.78, 5) is 0. The molecule has 0 aromatic heterocycles. The fraction of sp³-hybridized carbons (Fsp3) is 1.00. The molecule has 0 fully saturated rings. The Balaban J connectivity index is 4.95. The zero-order chi connectivity index (χ0) is 10.2. The second-order valence-corrected chi connectivity index (χ2v) is 2.03. The Bertz CT molecular complexity index is 146. The van der Waals surface area contributed by atoms with Crippen molar-refractivity contribution < 1.29 is 31.5 Å². The maximum absolute atomic E-state index is 11.6. The van der Waals surface area contributed by atoms with Gasteiger partial charge in [0.2, 0.25) is 1.43 Å². The largest absolute Gasteiger partial charge is 0.425 e. The molecule has 0 rings (SSSR count). The average molecular weight is 183 g/mol. The van der Waals surface area contributed by atoms with E-state index in [9.17, 15) is 26.3 Å². The third-order valence-electron chi connectivity index (χ3n) is 1.08. The van der Waals surface area contributed by atoms with Crippen molar-refractivity contribution in [2.75, 3.05) is 0 Å². The van der Waals surface area contributed by atoms with Crippen LogP contribution in [0.3, 0.4) is 0 Å². The normalized spacial score (nSPS) is 16.5. The number of halogens is 6. The van der Waals surface area contributed by atoms with Crippen LogP contribution < -0.4 is 0 Å². The SMILES string of the molecule is [2H]OC(C)(C(F)(F)F)C(F)(F)F. The van der Waals surface area contributed by atoms with Gasteiger partial charge >= 0.3 is 12.4 Å². The molecule has 0 aromatic carbocycles. The zero-order valence-electron chi connectivity index (χ0n) is 6.18. The first kappa shape index (κ1) is 8.63. The van der Waals surface area contributed by atoms with Gasteiger partial charge in [-0.1, -0.05) is 0 Å². The lowest BCUT2D eigenvalue weighted by Crippen LogP contribution is -2.54. The minimum atomic E-state index is -5.65. The lowest BCUT2D eigenvalue weighted by molar-refractivity contribution is -0.360.